The smallest absolute Gasteiger partial charge is 0.335 e. The molecule has 0 radical (unpaired) electrons. The summed E-state index contributed by atoms with van der Waals surface area (Å²) in [4.78, 5) is 18.0. The lowest BCUT2D eigenvalue weighted by Gasteiger charge is -2.26. The molecule has 0 bridgehead atoms. The first-order valence-corrected chi connectivity index (χ1v) is 11.4. The molecule has 0 aliphatic carbocycles. The van der Waals surface area contributed by atoms with E-state index in [9.17, 15) is 9.90 Å². The van der Waals surface area contributed by atoms with Crippen LogP contribution in [-0.4, -0.2) is 21.2 Å². The van der Waals surface area contributed by atoms with Gasteiger partial charge in [0, 0.05) is 21.9 Å². The van der Waals surface area contributed by atoms with Gasteiger partial charge in [0.25, 0.3) is 0 Å². The van der Waals surface area contributed by atoms with Gasteiger partial charge in [-0.25, -0.2) is 4.79 Å². The largest absolute Gasteiger partial charge is 0.478 e. The van der Waals surface area contributed by atoms with E-state index >= 15 is 0 Å². The Morgan fingerprint density at radius 3 is 2.61 bits per heavy atom. The van der Waals surface area contributed by atoms with Crippen molar-refractivity contribution in [3.63, 3.8) is 0 Å². The van der Waals surface area contributed by atoms with Crippen LogP contribution in [0.4, 0.5) is 5.69 Å². The van der Waals surface area contributed by atoms with Crippen LogP contribution in [0.15, 0.2) is 93.9 Å². The van der Waals surface area contributed by atoms with Crippen molar-refractivity contribution >= 4 is 44.9 Å². The third-order valence-corrected chi connectivity index (χ3v) is 6.36. The van der Waals surface area contributed by atoms with Crippen molar-refractivity contribution in [3.8, 4) is 11.3 Å². The number of nitrogens with one attached hydrogen (secondary N) is 1. The van der Waals surface area contributed by atoms with Gasteiger partial charge in [0.05, 0.1) is 17.3 Å². The first-order valence-electron chi connectivity index (χ1n) is 10.2. The average molecular weight is 520 g/mol. The number of pyridine rings is 1. The lowest BCUT2D eigenvalue weighted by Crippen LogP contribution is -2.29. The molecule has 0 saturated carbocycles. The van der Waals surface area contributed by atoms with Crippen molar-refractivity contribution in [2.24, 2.45) is 0 Å². The Bertz CT molecular complexity index is 1320. The van der Waals surface area contributed by atoms with Crippen molar-refractivity contribution in [1.29, 1.82) is 0 Å². The molecule has 6 nitrogen and oxygen atoms in total. The number of aromatic nitrogens is 1. The minimum Gasteiger partial charge on any atom is -0.478 e. The lowest BCUT2D eigenvalue weighted by atomic mass is 10.0. The number of hydrogen-bond donors (Lipinski definition) is 2. The number of thiocarbonyl (C=S) groups is 1. The number of carboxylic acid groups (broad SMARTS) is 1. The highest BCUT2D eigenvalue weighted by molar-refractivity contribution is 9.10. The lowest BCUT2D eigenvalue weighted by molar-refractivity contribution is 0.0697. The maximum Gasteiger partial charge on any atom is 0.335 e. The van der Waals surface area contributed by atoms with Crippen LogP contribution in [0.2, 0.25) is 0 Å². The molecule has 0 unspecified atom stereocenters. The molecule has 3 heterocycles. The average Bonchev–Trinajstić information content (AvgIpc) is 3.45. The van der Waals surface area contributed by atoms with Gasteiger partial charge in [-0.05, 0) is 72.9 Å². The van der Waals surface area contributed by atoms with Gasteiger partial charge in [-0.1, -0.05) is 34.1 Å². The normalized spacial score (nSPS) is 17.7. The fraction of sp³-hybridized carbons (Fsp3) is 0.0800. The minimum absolute atomic E-state index is 0.206. The Hall–Kier alpha value is -3.49. The molecule has 164 valence electrons. The highest BCUT2D eigenvalue weighted by Crippen LogP contribution is 2.43. The minimum atomic E-state index is -0.981. The van der Waals surface area contributed by atoms with Gasteiger partial charge in [-0.2, -0.15) is 0 Å². The van der Waals surface area contributed by atoms with E-state index in [0.29, 0.717) is 22.2 Å². The van der Waals surface area contributed by atoms with Crippen LogP contribution in [0.1, 0.15) is 33.9 Å². The molecule has 33 heavy (non-hydrogen) atoms. The maximum absolute atomic E-state index is 11.4. The zero-order valence-corrected chi connectivity index (χ0v) is 19.6. The predicted molar refractivity (Wildman–Crippen MR) is 133 cm³/mol. The SMILES string of the molecule is O=C(O)c1cccc(-c2ccc([C@@H]3[C@H](c4ccccn4)NC(=S)N3c3ccc(Br)cc3)o2)c1. The Balaban J connectivity index is 1.58. The second-order valence-corrected chi connectivity index (χ2v) is 8.86. The van der Waals surface area contributed by atoms with Crippen molar-refractivity contribution < 1.29 is 14.3 Å². The summed E-state index contributed by atoms with van der Waals surface area (Å²) < 4.78 is 7.27. The van der Waals surface area contributed by atoms with Crippen LogP contribution in [-0.2, 0) is 0 Å². The van der Waals surface area contributed by atoms with E-state index in [0.717, 1.165) is 15.9 Å². The molecule has 2 atom stereocenters. The standard InChI is InChI=1S/C25H18BrN3O3S/c26-17-7-9-18(10-8-17)29-23(22(28-25(29)33)19-6-1-2-13-27-19)21-12-11-20(32-21)15-4-3-5-16(14-15)24(30)31/h1-14,22-23H,(H,28,33)(H,30,31)/t22-,23+/m0/s1. The number of aromatic carboxylic acids is 1. The van der Waals surface area contributed by atoms with E-state index in [1.165, 1.54) is 0 Å². The molecular formula is C25H18BrN3O3S. The molecule has 0 amide bonds. The molecule has 1 aliphatic rings. The number of halogens is 1. The number of anilines is 1. The van der Waals surface area contributed by atoms with Crippen LogP contribution in [0.5, 0.6) is 0 Å². The number of rotatable bonds is 5. The number of carbonyl (C=O) groups is 1. The van der Waals surface area contributed by atoms with Crippen LogP contribution in [0.3, 0.4) is 0 Å². The number of benzene rings is 2. The monoisotopic (exact) mass is 519 g/mol. The zero-order chi connectivity index (χ0) is 22.9. The predicted octanol–water partition coefficient (Wildman–Crippen LogP) is 5.98. The number of nitrogens with zero attached hydrogens (tertiary/aromatic N) is 2. The van der Waals surface area contributed by atoms with E-state index in [4.69, 9.17) is 16.6 Å². The van der Waals surface area contributed by atoms with Crippen LogP contribution >= 0.6 is 28.1 Å². The van der Waals surface area contributed by atoms with E-state index in [1.807, 2.05) is 65.6 Å². The van der Waals surface area contributed by atoms with E-state index in [-0.39, 0.29) is 17.6 Å². The molecule has 4 aromatic rings. The Kier molecular flexibility index (Phi) is 5.70. The summed E-state index contributed by atoms with van der Waals surface area (Å²) in [5.74, 6) is 0.295. The quantitative estimate of drug-likeness (QED) is 0.314. The molecule has 1 fully saturated rings. The molecule has 1 saturated heterocycles. The van der Waals surface area contributed by atoms with Crippen molar-refractivity contribution in [1.82, 2.24) is 10.3 Å². The van der Waals surface area contributed by atoms with Gasteiger partial charge in [-0.15, -0.1) is 0 Å². The molecular weight excluding hydrogens is 502 g/mol. The first-order chi connectivity index (χ1) is 16.0. The Morgan fingerprint density at radius 2 is 1.88 bits per heavy atom. The summed E-state index contributed by atoms with van der Waals surface area (Å²) in [6.07, 6.45) is 1.75. The van der Waals surface area contributed by atoms with Gasteiger partial charge in [0.15, 0.2) is 5.11 Å². The highest BCUT2D eigenvalue weighted by Gasteiger charge is 2.42. The molecule has 2 N–H and O–H groups in total. The van der Waals surface area contributed by atoms with Crippen LogP contribution in [0, 0.1) is 0 Å². The topological polar surface area (TPSA) is 78.6 Å². The third kappa shape index (κ3) is 4.15. The Labute approximate surface area is 204 Å². The summed E-state index contributed by atoms with van der Waals surface area (Å²) in [5.41, 5.74) is 2.66. The molecule has 2 aromatic carbocycles. The third-order valence-electron chi connectivity index (χ3n) is 5.52. The number of carboxylic acids is 1. The molecule has 0 spiro atoms. The van der Waals surface area contributed by atoms with Crippen molar-refractivity contribution in [3.05, 3.63) is 107 Å². The second kappa shape index (κ2) is 8.80. The molecule has 2 aromatic heterocycles. The van der Waals surface area contributed by atoms with E-state index in [2.05, 4.69) is 26.2 Å². The summed E-state index contributed by atoms with van der Waals surface area (Å²) >= 11 is 9.21. The van der Waals surface area contributed by atoms with Gasteiger partial charge in [-0.3, -0.25) is 4.98 Å². The maximum atomic E-state index is 11.4. The van der Waals surface area contributed by atoms with Crippen LogP contribution < -0.4 is 10.2 Å². The zero-order valence-electron chi connectivity index (χ0n) is 17.2. The first kappa shape index (κ1) is 21.4. The van der Waals surface area contributed by atoms with Gasteiger partial charge < -0.3 is 19.7 Å². The van der Waals surface area contributed by atoms with Crippen molar-refractivity contribution in [2.45, 2.75) is 12.1 Å². The fourth-order valence-corrected chi connectivity index (χ4v) is 4.61. The van der Waals surface area contributed by atoms with Crippen molar-refractivity contribution in [2.75, 3.05) is 4.90 Å². The van der Waals surface area contributed by atoms with Gasteiger partial charge >= 0.3 is 5.97 Å². The number of furan rings is 1. The van der Waals surface area contributed by atoms with E-state index < -0.39 is 5.97 Å². The summed E-state index contributed by atoms with van der Waals surface area (Å²) in [7, 11) is 0. The summed E-state index contributed by atoms with van der Waals surface area (Å²) in [6.45, 7) is 0. The van der Waals surface area contributed by atoms with Gasteiger partial charge in [0.1, 0.15) is 17.6 Å². The summed E-state index contributed by atoms with van der Waals surface area (Å²) in [5, 5.41) is 13.3. The summed E-state index contributed by atoms with van der Waals surface area (Å²) in [6, 6.07) is 23.6. The molecule has 5 rings (SSSR count). The fourth-order valence-electron chi connectivity index (χ4n) is 4.00. The van der Waals surface area contributed by atoms with Gasteiger partial charge in [0.2, 0.25) is 0 Å². The van der Waals surface area contributed by atoms with Crippen LogP contribution in [0.25, 0.3) is 11.3 Å². The molecule has 8 heteroatoms. The van der Waals surface area contributed by atoms with E-state index in [1.54, 1.807) is 24.4 Å². The Morgan fingerprint density at radius 1 is 1.06 bits per heavy atom. The second-order valence-electron chi connectivity index (χ2n) is 7.56. The molecule has 1 aliphatic heterocycles. The highest BCUT2D eigenvalue weighted by atomic mass is 79.9. The number of hydrogen-bond acceptors (Lipinski definition) is 4.